The molecule has 0 atom stereocenters. The van der Waals surface area contributed by atoms with Gasteiger partial charge < -0.3 is 44.0 Å². The Morgan fingerprint density at radius 3 is 1.24 bits per heavy atom. The fourth-order valence-electron chi connectivity index (χ4n) is 9.02. The molecule has 13 nitrogen and oxygen atoms in total. The number of esters is 2. The first kappa shape index (κ1) is 54.1. The molecule has 2 aliphatic heterocycles. The molecule has 4 aromatic carbocycles. The van der Waals surface area contributed by atoms with Crippen LogP contribution in [0.1, 0.15) is 154 Å². The average Bonchev–Trinajstić information content (AvgIpc) is 3.27. The molecule has 13 heteroatoms. The molecule has 0 bridgehead atoms. The number of carbonyl (C=O) groups excluding carboxylic acids is 4. The number of para-hydroxylation sites is 2. The van der Waals surface area contributed by atoms with Crippen LogP contribution >= 0.6 is 0 Å². The maximum absolute atomic E-state index is 14.0. The van der Waals surface area contributed by atoms with Crippen molar-refractivity contribution in [2.24, 2.45) is 0 Å². The van der Waals surface area contributed by atoms with Gasteiger partial charge in [0.05, 0.1) is 5.69 Å². The molecular formula is C58H78N4O9. The van der Waals surface area contributed by atoms with Crippen LogP contribution in [0, 0.1) is 0 Å². The van der Waals surface area contributed by atoms with Crippen LogP contribution in [0.2, 0.25) is 0 Å². The van der Waals surface area contributed by atoms with Crippen molar-refractivity contribution in [3.05, 3.63) is 106 Å². The minimum absolute atomic E-state index is 0.0779. The molecule has 0 aromatic heterocycles. The van der Waals surface area contributed by atoms with Crippen molar-refractivity contribution >= 4 is 35.1 Å². The number of rotatable bonds is 10. The summed E-state index contributed by atoms with van der Waals surface area (Å²) in [5.41, 5.74) is 1.06. The van der Waals surface area contributed by atoms with Crippen molar-refractivity contribution < 1.29 is 43.6 Å². The summed E-state index contributed by atoms with van der Waals surface area (Å²) in [4.78, 5) is 63.3. The Labute approximate surface area is 422 Å². The van der Waals surface area contributed by atoms with Gasteiger partial charge in [0, 0.05) is 97.5 Å². The number of phenolic OH excluding ortho intramolecular Hbond substituents is 2. The largest absolute Gasteiger partial charge is 0.507 e. The topological polar surface area (TPSA) is 149 Å². The minimum atomic E-state index is -1.58. The standard InChI is InChI=1S/C58H78N4O9/c1-53(2,3)41-32-37(33-42(47(41)63)54(4,5)6)49(65)61-28-24-59(25-29-61)39-20-19-21-40(36-39)70-57(13,14)51(67)69-52(68)58(15,16)71-46-23-18-17-22-45(46)60-26-30-62(31-27-60)50(66)38-34-43(55(7,8)9)48(64)44(35-38)56(10,11)12/h17-23,32-36,63-64H,24-31H2,1-16H3. The number of amides is 2. The van der Waals surface area contributed by atoms with Crippen LogP contribution < -0.4 is 19.3 Å². The van der Waals surface area contributed by atoms with E-state index in [9.17, 15) is 29.4 Å². The first-order chi connectivity index (χ1) is 32.7. The van der Waals surface area contributed by atoms with Crippen molar-refractivity contribution in [2.45, 2.75) is 144 Å². The van der Waals surface area contributed by atoms with Gasteiger partial charge in [0.2, 0.25) is 11.2 Å². The molecule has 0 aliphatic carbocycles. The summed E-state index contributed by atoms with van der Waals surface area (Å²) >= 11 is 0. The predicted molar refractivity (Wildman–Crippen MR) is 281 cm³/mol. The normalized spacial score (nSPS) is 15.4. The Morgan fingerprint density at radius 1 is 0.451 bits per heavy atom. The molecule has 71 heavy (non-hydrogen) atoms. The molecule has 0 spiro atoms. The summed E-state index contributed by atoms with van der Waals surface area (Å²) in [6.45, 7) is 34.5. The zero-order chi connectivity index (χ0) is 52.8. The molecule has 2 N–H and O–H groups in total. The van der Waals surface area contributed by atoms with Gasteiger partial charge in [-0.3, -0.25) is 9.59 Å². The number of benzene rings is 4. The van der Waals surface area contributed by atoms with Crippen molar-refractivity contribution in [1.29, 1.82) is 0 Å². The smallest absolute Gasteiger partial charge is 0.357 e. The summed E-state index contributed by atoms with van der Waals surface area (Å²) in [6.07, 6.45) is 0. The van der Waals surface area contributed by atoms with Gasteiger partial charge in [-0.2, -0.15) is 0 Å². The monoisotopic (exact) mass is 975 g/mol. The van der Waals surface area contributed by atoms with Crippen LogP contribution in [-0.4, -0.2) is 107 Å². The number of anilines is 2. The fraction of sp³-hybridized carbons (Fsp3) is 0.517. The molecular weight excluding hydrogens is 897 g/mol. The molecule has 0 radical (unpaired) electrons. The maximum atomic E-state index is 14.0. The lowest BCUT2D eigenvalue weighted by molar-refractivity contribution is -0.178. The highest BCUT2D eigenvalue weighted by atomic mass is 16.6. The predicted octanol–water partition coefficient (Wildman–Crippen LogP) is 10.3. The van der Waals surface area contributed by atoms with Crippen LogP contribution in [-0.2, 0) is 36.0 Å². The van der Waals surface area contributed by atoms with E-state index in [1.54, 1.807) is 39.8 Å². The summed E-state index contributed by atoms with van der Waals surface area (Å²) in [7, 11) is 0. The van der Waals surface area contributed by atoms with Gasteiger partial charge in [-0.25, -0.2) is 9.59 Å². The van der Waals surface area contributed by atoms with Crippen LogP contribution in [0.3, 0.4) is 0 Å². The average molecular weight is 975 g/mol. The SMILES string of the molecule is CC(C)(Oc1cccc(N2CCN(C(=O)c3cc(C(C)(C)C)c(O)c(C(C)(C)C)c3)CC2)c1)C(=O)OC(=O)C(C)(C)Oc1ccccc1N1CCN(C(=O)c2cc(C(C)(C)C)c(O)c(C(C)(C)C)c2)CC1. The number of phenols is 2. The number of carbonyl (C=O) groups is 4. The number of aromatic hydroxyl groups is 2. The molecule has 4 aromatic rings. The van der Waals surface area contributed by atoms with Crippen molar-refractivity contribution in [2.75, 3.05) is 62.2 Å². The zero-order valence-corrected chi connectivity index (χ0v) is 45.1. The van der Waals surface area contributed by atoms with E-state index >= 15 is 0 Å². The molecule has 6 rings (SSSR count). The maximum Gasteiger partial charge on any atom is 0.357 e. The van der Waals surface area contributed by atoms with E-state index in [1.165, 1.54) is 0 Å². The van der Waals surface area contributed by atoms with E-state index in [0.717, 1.165) is 33.6 Å². The van der Waals surface area contributed by atoms with E-state index in [4.69, 9.17) is 14.2 Å². The number of ether oxygens (including phenoxy) is 3. The minimum Gasteiger partial charge on any atom is -0.507 e. The molecule has 384 valence electrons. The summed E-state index contributed by atoms with van der Waals surface area (Å²) < 4.78 is 18.0. The number of hydrogen-bond acceptors (Lipinski definition) is 11. The van der Waals surface area contributed by atoms with Gasteiger partial charge >= 0.3 is 11.9 Å². The summed E-state index contributed by atoms with van der Waals surface area (Å²) in [5, 5.41) is 22.4. The highest BCUT2D eigenvalue weighted by Gasteiger charge is 2.41. The van der Waals surface area contributed by atoms with Crippen molar-refractivity contribution in [3.63, 3.8) is 0 Å². The first-order valence-electron chi connectivity index (χ1n) is 24.9. The number of nitrogens with zero attached hydrogens (tertiary/aromatic N) is 4. The van der Waals surface area contributed by atoms with Gasteiger partial charge in [-0.15, -0.1) is 0 Å². The van der Waals surface area contributed by atoms with E-state index in [2.05, 4.69) is 9.80 Å². The third-order valence-electron chi connectivity index (χ3n) is 13.4. The fourth-order valence-corrected chi connectivity index (χ4v) is 9.02. The van der Waals surface area contributed by atoms with E-state index < -0.39 is 23.1 Å². The summed E-state index contributed by atoms with van der Waals surface area (Å²) in [5.74, 6) is -0.653. The Bertz CT molecular complexity index is 2570. The van der Waals surface area contributed by atoms with Crippen molar-refractivity contribution in [1.82, 2.24) is 9.80 Å². The van der Waals surface area contributed by atoms with Gasteiger partial charge in [-0.1, -0.05) is 101 Å². The molecule has 2 heterocycles. The van der Waals surface area contributed by atoms with Crippen LogP contribution in [0.25, 0.3) is 0 Å². The number of piperazine rings is 2. The van der Waals surface area contributed by atoms with E-state index in [-0.39, 0.29) is 45.0 Å². The Kier molecular flexibility index (Phi) is 15.0. The van der Waals surface area contributed by atoms with Gasteiger partial charge in [-0.05, 0) is 97.9 Å². The highest BCUT2D eigenvalue weighted by Crippen LogP contribution is 2.42. The second kappa shape index (κ2) is 19.8. The second-order valence-electron chi connectivity index (χ2n) is 24.3. The third kappa shape index (κ3) is 12.3. The Hall–Kier alpha value is -6.24. The van der Waals surface area contributed by atoms with Gasteiger partial charge in [0.15, 0.2) is 0 Å². The van der Waals surface area contributed by atoms with Crippen molar-refractivity contribution in [3.8, 4) is 23.0 Å². The molecule has 2 saturated heterocycles. The lowest BCUT2D eigenvalue weighted by Gasteiger charge is -2.38. The second-order valence-corrected chi connectivity index (χ2v) is 24.3. The Morgan fingerprint density at radius 2 is 0.831 bits per heavy atom. The third-order valence-corrected chi connectivity index (χ3v) is 13.4. The lowest BCUT2D eigenvalue weighted by atomic mass is 9.78. The lowest BCUT2D eigenvalue weighted by Crippen LogP contribution is -2.49. The van der Waals surface area contributed by atoms with Crippen LogP contribution in [0.15, 0.2) is 72.8 Å². The van der Waals surface area contributed by atoms with Gasteiger partial charge in [0.25, 0.3) is 11.8 Å². The molecule has 2 amide bonds. The quantitative estimate of drug-likeness (QED) is 0.116. The van der Waals surface area contributed by atoms with E-state index in [0.29, 0.717) is 75.0 Å². The number of hydrogen-bond donors (Lipinski definition) is 2. The summed E-state index contributed by atoms with van der Waals surface area (Å²) in [6, 6.07) is 22.0. The molecule has 0 unspecified atom stereocenters. The van der Waals surface area contributed by atoms with E-state index in [1.807, 2.05) is 154 Å². The van der Waals surface area contributed by atoms with Gasteiger partial charge in [0.1, 0.15) is 23.0 Å². The van der Waals surface area contributed by atoms with Crippen LogP contribution in [0.4, 0.5) is 11.4 Å². The zero-order valence-electron chi connectivity index (χ0n) is 45.1. The highest BCUT2D eigenvalue weighted by molar-refractivity contribution is 5.96. The first-order valence-corrected chi connectivity index (χ1v) is 24.9. The Balaban J connectivity index is 1.05. The molecule has 2 fully saturated rings. The molecule has 2 aliphatic rings. The molecule has 0 saturated carbocycles. The van der Waals surface area contributed by atoms with Crippen LogP contribution in [0.5, 0.6) is 23.0 Å².